The van der Waals surface area contributed by atoms with Gasteiger partial charge in [-0.3, -0.25) is 0 Å². The number of H-pyrrole nitrogens is 1. The predicted octanol–water partition coefficient (Wildman–Crippen LogP) is 4.68. The third-order valence-corrected chi connectivity index (χ3v) is 2.45. The van der Waals surface area contributed by atoms with E-state index in [1.54, 1.807) is 0 Å². The summed E-state index contributed by atoms with van der Waals surface area (Å²) in [5.74, 6) is 0. The van der Waals surface area contributed by atoms with Crippen LogP contribution in [0.5, 0.6) is 0 Å². The summed E-state index contributed by atoms with van der Waals surface area (Å²) in [5.41, 5.74) is 4.12. The van der Waals surface area contributed by atoms with E-state index in [0.717, 1.165) is 22.2 Å². The first-order chi connectivity index (χ1) is 8.20. The number of benzene rings is 1. The lowest BCUT2D eigenvalue weighted by atomic mass is 10.1. The average molecular weight is 228 g/mol. The molecule has 2 nitrogen and oxygen atoms in total. The van der Waals surface area contributed by atoms with Crippen LogP contribution in [0.25, 0.3) is 16.5 Å². The maximum absolute atomic E-state index is 8.59. The summed E-state index contributed by atoms with van der Waals surface area (Å²) in [6.45, 7) is 9.94. The molecule has 1 aromatic heterocycles. The maximum atomic E-state index is 8.59. The Balaban J connectivity index is 0.000000917. The molecule has 0 atom stereocenters. The van der Waals surface area contributed by atoms with Crippen LogP contribution < -0.4 is 0 Å². The van der Waals surface area contributed by atoms with Crippen molar-refractivity contribution in [3.8, 4) is 6.07 Å². The van der Waals surface area contributed by atoms with E-state index >= 15 is 0 Å². The van der Waals surface area contributed by atoms with Crippen LogP contribution in [0, 0.1) is 18.3 Å². The van der Waals surface area contributed by atoms with E-state index in [4.69, 9.17) is 5.26 Å². The summed E-state index contributed by atoms with van der Waals surface area (Å²) in [4.78, 5) is 3.27. The van der Waals surface area contributed by atoms with Gasteiger partial charge >= 0.3 is 0 Å². The molecule has 0 saturated heterocycles. The Hall–Kier alpha value is -2.01. The largest absolute Gasteiger partial charge is 0.355 e. The van der Waals surface area contributed by atoms with Gasteiger partial charge < -0.3 is 4.98 Å². The smallest absolute Gasteiger partial charge is 0.0670 e. The van der Waals surface area contributed by atoms with Gasteiger partial charge in [-0.2, -0.15) is 5.26 Å². The Morgan fingerprint density at radius 2 is 2.12 bits per heavy atom. The minimum absolute atomic E-state index is 0. The Bertz CT molecular complexity index is 561. The molecule has 2 rings (SSSR count). The van der Waals surface area contributed by atoms with Gasteiger partial charge in [-0.25, -0.2) is 0 Å². The highest BCUT2D eigenvalue weighted by atomic mass is 14.7. The van der Waals surface area contributed by atoms with Gasteiger partial charge in [-0.05, 0) is 30.2 Å². The standard InChI is InChI=1S/C13H12N2.C2H6.H2/c1-9-3-4-11-8-12(10(2)5-6-14)15-13(11)7-9;1-2;/h3-4,7-8,15H,2,5H2,1H3;1-2H3;1H. The maximum Gasteiger partial charge on any atom is 0.0670 e. The molecule has 90 valence electrons. The molecule has 0 fully saturated rings. The second-order valence-electron chi connectivity index (χ2n) is 3.71. The van der Waals surface area contributed by atoms with E-state index in [1.165, 1.54) is 5.56 Å². The Kier molecular flexibility index (Phi) is 4.54. The van der Waals surface area contributed by atoms with E-state index in [1.807, 2.05) is 19.9 Å². The zero-order valence-corrected chi connectivity index (χ0v) is 10.7. The fourth-order valence-corrected chi connectivity index (χ4v) is 1.62. The highest BCUT2D eigenvalue weighted by Crippen LogP contribution is 2.22. The van der Waals surface area contributed by atoms with Crippen molar-refractivity contribution in [1.29, 1.82) is 5.26 Å². The molecular formula is C15H20N2. The normalized spacial score (nSPS) is 9.29. The fourth-order valence-electron chi connectivity index (χ4n) is 1.62. The highest BCUT2D eigenvalue weighted by Gasteiger charge is 2.03. The number of rotatable bonds is 2. The number of hydrogen-bond donors (Lipinski definition) is 1. The van der Waals surface area contributed by atoms with Crippen molar-refractivity contribution in [3.63, 3.8) is 0 Å². The van der Waals surface area contributed by atoms with Crippen molar-refractivity contribution in [3.05, 3.63) is 42.1 Å². The number of hydrogen-bond acceptors (Lipinski definition) is 1. The van der Waals surface area contributed by atoms with Crippen LogP contribution in [0.2, 0.25) is 0 Å². The van der Waals surface area contributed by atoms with Crippen LogP contribution in [-0.2, 0) is 0 Å². The number of nitriles is 1. The first-order valence-corrected chi connectivity index (χ1v) is 5.85. The second kappa shape index (κ2) is 5.91. The van der Waals surface area contributed by atoms with Crippen LogP contribution in [0.15, 0.2) is 30.8 Å². The summed E-state index contributed by atoms with van der Waals surface area (Å²) in [7, 11) is 0. The van der Waals surface area contributed by atoms with Gasteiger partial charge in [0.25, 0.3) is 0 Å². The molecule has 0 saturated carbocycles. The predicted molar refractivity (Wildman–Crippen MR) is 75.8 cm³/mol. The summed E-state index contributed by atoms with van der Waals surface area (Å²) < 4.78 is 0. The highest BCUT2D eigenvalue weighted by molar-refractivity contribution is 5.85. The molecule has 0 amide bonds. The van der Waals surface area contributed by atoms with Crippen molar-refractivity contribution in [2.75, 3.05) is 0 Å². The number of allylic oxidation sites excluding steroid dienone is 1. The number of aromatic nitrogens is 1. The molecule has 1 N–H and O–H groups in total. The zero-order chi connectivity index (χ0) is 12.8. The first kappa shape index (κ1) is 13.1. The van der Waals surface area contributed by atoms with Crippen LogP contribution in [0.1, 0.15) is 33.0 Å². The molecule has 0 radical (unpaired) electrons. The third kappa shape index (κ3) is 2.98. The van der Waals surface area contributed by atoms with Crippen LogP contribution >= 0.6 is 0 Å². The lowest BCUT2D eigenvalue weighted by Crippen LogP contribution is -1.80. The van der Waals surface area contributed by atoms with E-state index in [-0.39, 0.29) is 1.43 Å². The molecule has 0 spiro atoms. The minimum atomic E-state index is 0. The van der Waals surface area contributed by atoms with E-state index in [0.29, 0.717) is 6.42 Å². The molecule has 1 heterocycles. The number of nitrogens with zero attached hydrogens (tertiary/aromatic N) is 1. The first-order valence-electron chi connectivity index (χ1n) is 5.85. The van der Waals surface area contributed by atoms with E-state index in [2.05, 4.69) is 42.8 Å². The van der Waals surface area contributed by atoms with Gasteiger partial charge in [-0.15, -0.1) is 0 Å². The number of fused-ring (bicyclic) bond motifs is 1. The molecule has 2 aromatic rings. The van der Waals surface area contributed by atoms with Crippen LogP contribution in [-0.4, -0.2) is 4.98 Å². The molecule has 0 unspecified atom stereocenters. The molecule has 17 heavy (non-hydrogen) atoms. The molecule has 0 aliphatic heterocycles. The molecule has 0 aliphatic carbocycles. The summed E-state index contributed by atoms with van der Waals surface area (Å²) in [6.07, 6.45) is 0.367. The summed E-state index contributed by atoms with van der Waals surface area (Å²) in [5, 5.41) is 9.75. The number of aromatic amines is 1. The average Bonchev–Trinajstić information content (AvgIpc) is 2.75. The topological polar surface area (TPSA) is 39.6 Å². The number of aryl methyl sites for hydroxylation is 1. The van der Waals surface area contributed by atoms with Crippen LogP contribution in [0.3, 0.4) is 0 Å². The van der Waals surface area contributed by atoms with Crippen molar-refractivity contribution >= 4 is 16.5 Å². The Morgan fingerprint density at radius 3 is 2.76 bits per heavy atom. The van der Waals surface area contributed by atoms with Crippen molar-refractivity contribution in [2.45, 2.75) is 27.2 Å². The SMILES string of the molecule is C=C(CC#N)c1cc2ccc(C)cc2[nH]1.CC.[HH]. The van der Waals surface area contributed by atoms with Crippen molar-refractivity contribution in [1.82, 2.24) is 4.98 Å². The Morgan fingerprint density at radius 1 is 1.41 bits per heavy atom. The third-order valence-electron chi connectivity index (χ3n) is 2.45. The van der Waals surface area contributed by atoms with Gasteiger partial charge in [0.2, 0.25) is 0 Å². The van der Waals surface area contributed by atoms with Gasteiger partial charge in [0, 0.05) is 18.0 Å². The molecule has 2 heteroatoms. The summed E-state index contributed by atoms with van der Waals surface area (Å²) >= 11 is 0. The lowest BCUT2D eigenvalue weighted by molar-refractivity contribution is 1.31. The van der Waals surface area contributed by atoms with Gasteiger partial charge in [0.05, 0.1) is 12.5 Å². The fraction of sp³-hybridized carbons (Fsp3) is 0.267. The number of nitrogens with one attached hydrogen (secondary N) is 1. The van der Waals surface area contributed by atoms with Crippen molar-refractivity contribution < 1.29 is 1.43 Å². The van der Waals surface area contributed by atoms with E-state index in [9.17, 15) is 0 Å². The van der Waals surface area contributed by atoms with E-state index < -0.39 is 0 Å². The molecule has 0 aliphatic rings. The molecule has 1 aromatic carbocycles. The molecule has 0 bridgehead atoms. The second-order valence-corrected chi connectivity index (χ2v) is 3.71. The zero-order valence-electron chi connectivity index (χ0n) is 10.7. The monoisotopic (exact) mass is 228 g/mol. The summed E-state index contributed by atoms with van der Waals surface area (Å²) in [6, 6.07) is 10.4. The quantitative estimate of drug-likeness (QED) is 0.796. The van der Waals surface area contributed by atoms with Gasteiger partial charge in [-0.1, -0.05) is 32.6 Å². The van der Waals surface area contributed by atoms with Crippen LogP contribution in [0.4, 0.5) is 0 Å². The minimum Gasteiger partial charge on any atom is -0.355 e. The van der Waals surface area contributed by atoms with Crippen molar-refractivity contribution in [2.24, 2.45) is 0 Å². The lowest BCUT2D eigenvalue weighted by Gasteiger charge is -1.94. The Labute approximate surface area is 104 Å². The molecular weight excluding hydrogens is 208 g/mol. The van der Waals surface area contributed by atoms with Gasteiger partial charge in [0.15, 0.2) is 0 Å². The van der Waals surface area contributed by atoms with Gasteiger partial charge in [0.1, 0.15) is 0 Å².